The van der Waals surface area contributed by atoms with Gasteiger partial charge < -0.3 is 26.2 Å². The molecule has 0 bridgehead atoms. The second kappa shape index (κ2) is 10.2. The number of phenols is 1. The molecular formula is C32H37N3O7. The molecular weight excluding hydrogens is 538 g/mol. The summed E-state index contributed by atoms with van der Waals surface area (Å²) < 4.78 is 0. The van der Waals surface area contributed by atoms with E-state index in [1.807, 2.05) is 6.07 Å². The minimum atomic E-state index is -2.64. The van der Waals surface area contributed by atoms with Crippen LogP contribution in [-0.2, 0) is 16.0 Å². The molecule has 222 valence electrons. The summed E-state index contributed by atoms with van der Waals surface area (Å²) in [5, 5.41) is 45.0. The van der Waals surface area contributed by atoms with Gasteiger partial charge in [0.2, 0.25) is 5.78 Å². The third-order valence-electron chi connectivity index (χ3n) is 9.77. The average Bonchev–Trinajstić information content (AvgIpc) is 3.39. The van der Waals surface area contributed by atoms with Crippen molar-refractivity contribution < 1.29 is 34.8 Å². The van der Waals surface area contributed by atoms with Crippen LogP contribution in [0.3, 0.4) is 0 Å². The van der Waals surface area contributed by atoms with E-state index in [2.05, 4.69) is 17.1 Å². The Morgan fingerprint density at radius 2 is 1.81 bits per heavy atom. The van der Waals surface area contributed by atoms with Gasteiger partial charge >= 0.3 is 0 Å². The van der Waals surface area contributed by atoms with Crippen molar-refractivity contribution in [2.45, 2.75) is 50.2 Å². The average molecular weight is 576 g/mol. The molecule has 1 saturated heterocycles. The second-order valence-corrected chi connectivity index (χ2v) is 12.5. The first kappa shape index (κ1) is 28.4. The lowest BCUT2D eigenvalue weighted by molar-refractivity contribution is -0.148. The molecule has 1 heterocycles. The van der Waals surface area contributed by atoms with Crippen molar-refractivity contribution >= 4 is 23.0 Å². The van der Waals surface area contributed by atoms with Crippen molar-refractivity contribution in [3.63, 3.8) is 0 Å². The quantitative estimate of drug-likeness (QED) is 0.331. The normalized spacial score (nSPS) is 29.8. The molecule has 42 heavy (non-hydrogen) atoms. The number of rotatable bonds is 5. The number of primary amides is 1. The number of nitrogens with two attached hydrogens (primary N) is 1. The number of amides is 1. The van der Waals surface area contributed by atoms with Crippen LogP contribution in [0, 0.1) is 11.8 Å². The van der Waals surface area contributed by atoms with Gasteiger partial charge in [-0.25, -0.2) is 0 Å². The number of ketones is 2. The molecule has 0 saturated carbocycles. The van der Waals surface area contributed by atoms with E-state index in [0.29, 0.717) is 5.56 Å². The standard InChI is InChI=1S/C32H37N3O7/c1-34(2)26-21-14-18-13-20-19(17-7-6-16(12-17)15-35-10-4-3-5-11-35)8-9-22(36)24(20)27(37)23(18)29(39)32(21,42)30(40)25(28(26)38)31(33)41/h6-9,18,21,26,36,38-39,42H,3-5,10-15H2,1-2H3,(H2,33,41)/t18-,21-,26-,32-/m0/s1. The minimum Gasteiger partial charge on any atom is -0.510 e. The number of carbonyl (C=O) groups excluding carboxylic acids is 3. The van der Waals surface area contributed by atoms with Crippen molar-refractivity contribution in [2.75, 3.05) is 33.7 Å². The first-order chi connectivity index (χ1) is 19.9. The number of fused-ring (bicyclic) bond motifs is 3. The number of carbonyl (C=O) groups is 3. The van der Waals surface area contributed by atoms with Crippen molar-refractivity contribution in [2.24, 2.45) is 17.6 Å². The molecule has 1 aromatic carbocycles. The van der Waals surface area contributed by atoms with Crippen LogP contribution in [0.15, 0.2) is 52.5 Å². The van der Waals surface area contributed by atoms with Crippen LogP contribution in [0.25, 0.3) is 5.57 Å². The van der Waals surface area contributed by atoms with E-state index < -0.39 is 58.0 Å². The number of hydrogen-bond acceptors (Lipinski definition) is 9. The number of hydrogen-bond donors (Lipinski definition) is 5. The Morgan fingerprint density at radius 3 is 2.48 bits per heavy atom. The highest BCUT2D eigenvalue weighted by atomic mass is 16.3. The van der Waals surface area contributed by atoms with Gasteiger partial charge in [-0.15, -0.1) is 0 Å². The molecule has 5 aliphatic rings. The molecule has 6 rings (SSSR count). The summed E-state index contributed by atoms with van der Waals surface area (Å²) in [5.74, 6) is -6.46. The first-order valence-corrected chi connectivity index (χ1v) is 14.6. The van der Waals surface area contributed by atoms with Crippen LogP contribution < -0.4 is 5.73 Å². The lowest BCUT2D eigenvalue weighted by Crippen LogP contribution is -2.63. The lowest BCUT2D eigenvalue weighted by Gasteiger charge is -2.50. The number of aliphatic hydroxyl groups is 3. The lowest BCUT2D eigenvalue weighted by atomic mass is 9.58. The Morgan fingerprint density at radius 1 is 1.10 bits per heavy atom. The molecule has 4 atom stereocenters. The summed E-state index contributed by atoms with van der Waals surface area (Å²) in [4.78, 5) is 43.6. The number of phenolic OH excluding ortho intramolecular Hbond substituents is 1. The van der Waals surface area contributed by atoms with Gasteiger partial charge in [0.05, 0.1) is 11.6 Å². The molecule has 1 fully saturated rings. The summed E-state index contributed by atoms with van der Waals surface area (Å²) >= 11 is 0. The van der Waals surface area contributed by atoms with Crippen LogP contribution in [0.2, 0.25) is 0 Å². The summed E-state index contributed by atoms with van der Waals surface area (Å²) in [6.07, 6.45) is 8.95. The van der Waals surface area contributed by atoms with Crippen LogP contribution in [-0.4, -0.2) is 93.1 Å². The van der Waals surface area contributed by atoms with Crippen molar-refractivity contribution in [1.82, 2.24) is 9.80 Å². The molecule has 6 N–H and O–H groups in total. The third kappa shape index (κ3) is 4.15. The summed E-state index contributed by atoms with van der Waals surface area (Å²) in [6.45, 7) is 3.07. The largest absolute Gasteiger partial charge is 0.510 e. The Bertz CT molecular complexity index is 1530. The summed E-state index contributed by atoms with van der Waals surface area (Å²) in [6, 6.07) is 2.27. The van der Waals surface area contributed by atoms with Crippen molar-refractivity contribution in [1.29, 1.82) is 0 Å². The maximum Gasteiger partial charge on any atom is 0.255 e. The highest BCUT2D eigenvalue weighted by Crippen LogP contribution is 2.53. The van der Waals surface area contributed by atoms with Crippen molar-refractivity contribution in [3.8, 4) is 5.75 Å². The zero-order valence-corrected chi connectivity index (χ0v) is 23.9. The number of Topliss-reactive ketones (excluding diaryl/α,β-unsaturated/α-hetero) is 2. The molecule has 0 spiro atoms. The first-order valence-electron chi connectivity index (χ1n) is 14.6. The molecule has 0 unspecified atom stereocenters. The molecule has 0 aromatic heterocycles. The number of aliphatic hydroxyl groups excluding tert-OH is 2. The SMILES string of the molecule is CN(C)[C@@H]1C(O)=C(C(N)=O)C(=O)[C@@]2(O)C(O)=C3C(=O)c4c(O)ccc(C5=CC=C(CN6CCCCC6)C5)c4C[C@H]3C[C@@H]12. The van der Waals surface area contributed by atoms with Crippen LogP contribution >= 0.6 is 0 Å². The van der Waals surface area contributed by atoms with E-state index in [-0.39, 0.29) is 29.7 Å². The van der Waals surface area contributed by atoms with Gasteiger partial charge in [-0.1, -0.05) is 30.2 Å². The van der Waals surface area contributed by atoms with E-state index in [4.69, 9.17) is 5.73 Å². The third-order valence-corrected chi connectivity index (χ3v) is 9.77. The number of benzene rings is 1. The monoisotopic (exact) mass is 575 g/mol. The maximum atomic E-state index is 14.0. The number of likely N-dealkylation sites (N-methyl/N-ethyl adjacent to an activating group) is 1. The fraction of sp³-hybridized carbons (Fsp3) is 0.469. The van der Waals surface area contributed by atoms with Crippen LogP contribution in [0.4, 0.5) is 0 Å². The number of nitrogens with zero attached hydrogens (tertiary/aromatic N) is 2. The summed E-state index contributed by atoms with van der Waals surface area (Å²) in [7, 11) is 3.23. The highest BCUT2D eigenvalue weighted by Gasteiger charge is 2.63. The molecule has 10 heteroatoms. The fourth-order valence-corrected chi connectivity index (χ4v) is 7.83. The predicted octanol–water partition coefficient (Wildman–Crippen LogP) is 2.32. The van der Waals surface area contributed by atoms with Gasteiger partial charge in [0, 0.05) is 18.0 Å². The van der Waals surface area contributed by atoms with Gasteiger partial charge in [0.1, 0.15) is 22.8 Å². The van der Waals surface area contributed by atoms with Crippen LogP contribution in [0.5, 0.6) is 5.75 Å². The summed E-state index contributed by atoms with van der Waals surface area (Å²) in [5.41, 5.74) is 5.69. The molecule has 1 aromatic rings. The number of likely N-dealkylation sites (tertiary alicyclic amines) is 1. The molecule has 1 aliphatic heterocycles. The Hall–Kier alpha value is -3.73. The fourth-order valence-electron chi connectivity index (χ4n) is 7.83. The number of piperidine rings is 1. The topological polar surface area (TPSA) is 165 Å². The zero-order chi connectivity index (χ0) is 30.1. The Kier molecular flexibility index (Phi) is 6.91. The van der Waals surface area contributed by atoms with Gasteiger partial charge in [-0.3, -0.25) is 24.2 Å². The zero-order valence-electron chi connectivity index (χ0n) is 23.9. The van der Waals surface area contributed by atoms with Gasteiger partial charge in [-0.2, -0.15) is 0 Å². The van der Waals surface area contributed by atoms with Crippen LogP contribution in [0.1, 0.15) is 53.6 Å². The Labute approximate surface area is 244 Å². The van der Waals surface area contributed by atoms with Gasteiger partial charge in [0.25, 0.3) is 5.91 Å². The molecule has 1 amide bonds. The number of allylic oxidation sites excluding steroid dienone is 4. The molecule has 0 radical (unpaired) electrons. The smallest absolute Gasteiger partial charge is 0.255 e. The minimum absolute atomic E-state index is 0.0404. The molecule has 10 nitrogen and oxygen atoms in total. The molecule has 4 aliphatic carbocycles. The van der Waals surface area contributed by atoms with E-state index in [1.165, 1.54) is 30.9 Å². The van der Waals surface area contributed by atoms with Gasteiger partial charge in [0.15, 0.2) is 11.4 Å². The van der Waals surface area contributed by atoms with Gasteiger partial charge in [-0.05, 0) is 88.0 Å². The second-order valence-electron chi connectivity index (χ2n) is 12.5. The van der Waals surface area contributed by atoms with E-state index in [0.717, 1.165) is 37.2 Å². The Balaban J connectivity index is 1.38. The highest BCUT2D eigenvalue weighted by molar-refractivity contribution is 6.24. The maximum absolute atomic E-state index is 14.0. The van der Waals surface area contributed by atoms with E-state index in [9.17, 15) is 34.8 Å². The van der Waals surface area contributed by atoms with E-state index >= 15 is 0 Å². The van der Waals surface area contributed by atoms with E-state index in [1.54, 1.807) is 19.0 Å². The van der Waals surface area contributed by atoms with Crippen molar-refractivity contribution in [3.05, 3.63) is 69.2 Å². The number of aromatic hydroxyl groups is 1. The predicted molar refractivity (Wildman–Crippen MR) is 155 cm³/mol.